The van der Waals surface area contributed by atoms with Gasteiger partial charge in [0.1, 0.15) is 5.75 Å². The normalized spacial score (nSPS) is 14.9. The Hall–Kier alpha value is -0.770. The number of nitrogens with zero attached hydrogens (tertiary/aromatic N) is 1. The van der Waals surface area contributed by atoms with Gasteiger partial charge in [0.2, 0.25) is 0 Å². The van der Waals surface area contributed by atoms with Gasteiger partial charge in [0.25, 0.3) is 0 Å². The third-order valence-corrected chi connectivity index (χ3v) is 4.92. The van der Waals surface area contributed by atoms with Crippen LogP contribution in [0.1, 0.15) is 31.2 Å². The molecule has 1 fully saturated rings. The lowest BCUT2D eigenvalue weighted by Gasteiger charge is -2.21. The lowest BCUT2D eigenvalue weighted by atomic mass is 10.0. The van der Waals surface area contributed by atoms with E-state index in [4.69, 9.17) is 25.8 Å². The molecule has 0 saturated carbocycles. The zero-order valence-electron chi connectivity index (χ0n) is 17.5. The third kappa shape index (κ3) is 11.3. The van der Waals surface area contributed by atoms with E-state index >= 15 is 0 Å². The van der Waals surface area contributed by atoms with E-state index in [0.717, 1.165) is 87.5 Å². The molecule has 1 saturated heterocycles. The predicted molar refractivity (Wildman–Crippen MR) is 130 cm³/mol. The SMILES string of the molecule is CN=C(NCCCOCC1CCOCC1)NCCCOc1ccc(Cl)cc1C.I. The molecule has 1 aliphatic rings. The number of nitrogens with one attached hydrogen (secondary N) is 2. The standard InChI is InChI=1S/C21H34ClN3O3.HI/c1-17-15-19(22)5-6-20(17)28-12-4-10-25-21(23-2)24-9-3-11-27-16-18-7-13-26-14-8-18;/h5-6,15,18H,3-4,7-14,16H2,1-2H3,(H2,23,24,25);1H. The van der Waals surface area contributed by atoms with Crippen LogP contribution in [0.4, 0.5) is 0 Å². The summed E-state index contributed by atoms with van der Waals surface area (Å²) in [4.78, 5) is 4.24. The van der Waals surface area contributed by atoms with Crippen LogP contribution in [-0.4, -0.2) is 59.1 Å². The lowest BCUT2D eigenvalue weighted by molar-refractivity contribution is 0.0203. The van der Waals surface area contributed by atoms with Gasteiger partial charge in [-0.25, -0.2) is 0 Å². The fraction of sp³-hybridized carbons (Fsp3) is 0.667. The van der Waals surface area contributed by atoms with Crippen molar-refractivity contribution >= 4 is 41.5 Å². The largest absolute Gasteiger partial charge is 0.493 e. The molecule has 1 heterocycles. The third-order valence-electron chi connectivity index (χ3n) is 4.68. The van der Waals surface area contributed by atoms with E-state index in [9.17, 15) is 0 Å². The highest BCUT2D eigenvalue weighted by Crippen LogP contribution is 2.21. The molecule has 1 aliphatic heterocycles. The number of aliphatic imine (C=N–C) groups is 1. The summed E-state index contributed by atoms with van der Waals surface area (Å²) in [6, 6.07) is 5.67. The average molecular weight is 540 g/mol. The molecule has 0 radical (unpaired) electrons. The van der Waals surface area contributed by atoms with Crippen molar-refractivity contribution < 1.29 is 14.2 Å². The number of hydrogen-bond donors (Lipinski definition) is 2. The molecule has 166 valence electrons. The molecule has 29 heavy (non-hydrogen) atoms. The van der Waals surface area contributed by atoms with Crippen LogP contribution in [0.2, 0.25) is 5.02 Å². The molecule has 8 heteroatoms. The van der Waals surface area contributed by atoms with Gasteiger partial charge in [-0.2, -0.15) is 0 Å². The van der Waals surface area contributed by atoms with Crippen LogP contribution in [0.3, 0.4) is 0 Å². The summed E-state index contributed by atoms with van der Waals surface area (Å²) in [5, 5.41) is 7.35. The number of ether oxygens (including phenoxy) is 3. The highest BCUT2D eigenvalue weighted by atomic mass is 127. The first-order valence-corrected chi connectivity index (χ1v) is 10.6. The Morgan fingerprint density at radius 3 is 2.52 bits per heavy atom. The van der Waals surface area contributed by atoms with E-state index in [-0.39, 0.29) is 24.0 Å². The summed E-state index contributed by atoms with van der Waals surface area (Å²) >= 11 is 5.96. The maximum atomic E-state index is 5.96. The number of aryl methyl sites for hydroxylation is 1. The van der Waals surface area contributed by atoms with Crippen molar-refractivity contribution in [2.75, 3.05) is 53.2 Å². The van der Waals surface area contributed by atoms with E-state index in [0.29, 0.717) is 12.5 Å². The van der Waals surface area contributed by atoms with Crippen molar-refractivity contribution in [3.05, 3.63) is 28.8 Å². The summed E-state index contributed by atoms with van der Waals surface area (Å²) in [6.45, 7) is 7.66. The van der Waals surface area contributed by atoms with Crippen LogP contribution in [0.25, 0.3) is 0 Å². The molecule has 1 aromatic rings. The van der Waals surface area contributed by atoms with Gasteiger partial charge in [-0.05, 0) is 62.3 Å². The minimum Gasteiger partial charge on any atom is -0.493 e. The van der Waals surface area contributed by atoms with E-state index in [1.807, 2.05) is 25.1 Å². The van der Waals surface area contributed by atoms with Gasteiger partial charge in [0.05, 0.1) is 6.61 Å². The summed E-state index contributed by atoms with van der Waals surface area (Å²) in [5.74, 6) is 2.36. The lowest BCUT2D eigenvalue weighted by Crippen LogP contribution is -2.38. The highest BCUT2D eigenvalue weighted by Gasteiger charge is 2.13. The Bertz CT molecular complexity index is 599. The smallest absolute Gasteiger partial charge is 0.190 e. The van der Waals surface area contributed by atoms with Crippen molar-refractivity contribution in [2.24, 2.45) is 10.9 Å². The summed E-state index contributed by atoms with van der Waals surface area (Å²) in [7, 11) is 1.78. The van der Waals surface area contributed by atoms with E-state index in [1.165, 1.54) is 0 Å². The molecule has 0 aliphatic carbocycles. The number of guanidine groups is 1. The zero-order chi connectivity index (χ0) is 20.0. The second-order valence-corrected chi connectivity index (χ2v) is 7.46. The highest BCUT2D eigenvalue weighted by molar-refractivity contribution is 14.0. The van der Waals surface area contributed by atoms with Gasteiger partial charge in [-0.3, -0.25) is 4.99 Å². The summed E-state index contributed by atoms with van der Waals surface area (Å²) in [6.07, 6.45) is 4.09. The molecular weight excluding hydrogens is 505 g/mol. The van der Waals surface area contributed by atoms with Gasteiger partial charge in [0, 0.05) is 51.6 Å². The molecule has 0 atom stereocenters. The van der Waals surface area contributed by atoms with Crippen LogP contribution in [0.15, 0.2) is 23.2 Å². The maximum absolute atomic E-state index is 5.96. The molecule has 0 bridgehead atoms. The number of hydrogen-bond acceptors (Lipinski definition) is 4. The molecule has 6 nitrogen and oxygen atoms in total. The van der Waals surface area contributed by atoms with Gasteiger partial charge in [-0.15, -0.1) is 24.0 Å². The zero-order valence-corrected chi connectivity index (χ0v) is 20.6. The molecule has 1 aromatic carbocycles. The average Bonchev–Trinajstić information content (AvgIpc) is 2.71. The topological polar surface area (TPSA) is 64.1 Å². The molecule has 2 N–H and O–H groups in total. The minimum atomic E-state index is 0. The Kier molecular flexibility index (Phi) is 14.5. The number of halogens is 2. The predicted octanol–water partition coefficient (Wildman–Crippen LogP) is 4.03. The summed E-state index contributed by atoms with van der Waals surface area (Å²) < 4.78 is 16.9. The van der Waals surface area contributed by atoms with Crippen molar-refractivity contribution in [1.29, 1.82) is 0 Å². The van der Waals surface area contributed by atoms with Crippen molar-refractivity contribution in [3.8, 4) is 5.75 Å². The Balaban J connectivity index is 0.00000420. The monoisotopic (exact) mass is 539 g/mol. The Morgan fingerprint density at radius 2 is 1.86 bits per heavy atom. The van der Waals surface area contributed by atoms with E-state index < -0.39 is 0 Å². The Morgan fingerprint density at radius 1 is 1.17 bits per heavy atom. The van der Waals surface area contributed by atoms with Gasteiger partial charge in [0.15, 0.2) is 5.96 Å². The van der Waals surface area contributed by atoms with Crippen LogP contribution in [-0.2, 0) is 9.47 Å². The van der Waals surface area contributed by atoms with Crippen LogP contribution in [0, 0.1) is 12.8 Å². The molecule has 0 unspecified atom stereocenters. The van der Waals surface area contributed by atoms with Crippen LogP contribution < -0.4 is 15.4 Å². The first kappa shape index (κ1) is 26.3. The quantitative estimate of drug-likeness (QED) is 0.192. The second-order valence-electron chi connectivity index (χ2n) is 7.02. The van der Waals surface area contributed by atoms with Gasteiger partial charge < -0.3 is 24.8 Å². The number of benzene rings is 1. The van der Waals surface area contributed by atoms with Gasteiger partial charge in [-0.1, -0.05) is 11.6 Å². The van der Waals surface area contributed by atoms with Crippen molar-refractivity contribution in [1.82, 2.24) is 10.6 Å². The fourth-order valence-corrected chi connectivity index (χ4v) is 3.23. The molecule has 0 spiro atoms. The maximum Gasteiger partial charge on any atom is 0.190 e. The van der Waals surface area contributed by atoms with E-state index in [1.54, 1.807) is 7.05 Å². The van der Waals surface area contributed by atoms with Crippen LogP contribution in [0.5, 0.6) is 5.75 Å². The van der Waals surface area contributed by atoms with Crippen LogP contribution >= 0.6 is 35.6 Å². The minimum absolute atomic E-state index is 0. The summed E-state index contributed by atoms with van der Waals surface area (Å²) in [5.41, 5.74) is 1.05. The first-order chi connectivity index (χ1) is 13.7. The first-order valence-electron chi connectivity index (χ1n) is 10.2. The van der Waals surface area contributed by atoms with Gasteiger partial charge >= 0.3 is 0 Å². The second kappa shape index (κ2) is 16.0. The molecule has 2 rings (SSSR count). The Labute approximate surface area is 197 Å². The molecular formula is C21H35ClIN3O3. The molecule has 0 aromatic heterocycles. The number of rotatable bonds is 11. The fourth-order valence-electron chi connectivity index (χ4n) is 3.00. The molecule has 0 amide bonds. The van der Waals surface area contributed by atoms with E-state index in [2.05, 4.69) is 15.6 Å². The van der Waals surface area contributed by atoms with Crippen molar-refractivity contribution in [3.63, 3.8) is 0 Å². The van der Waals surface area contributed by atoms with Crippen molar-refractivity contribution in [2.45, 2.75) is 32.6 Å².